The van der Waals surface area contributed by atoms with E-state index in [9.17, 15) is 28.8 Å². The molecule has 3 rings (SSSR count). The Hall–Kier alpha value is -5.26. The summed E-state index contributed by atoms with van der Waals surface area (Å²) in [5, 5.41) is 12.0. The lowest BCUT2D eigenvalue weighted by Crippen LogP contribution is -2.56. The van der Waals surface area contributed by atoms with Crippen LogP contribution in [0.15, 0.2) is 72.8 Å². The zero-order valence-corrected chi connectivity index (χ0v) is 27.8. The van der Waals surface area contributed by atoms with Crippen LogP contribution in [0.3, 0.4) is 0 Å². The fourth-order valence-electron chi connectivity index (χ4n) is 5.02. The van der Waals surface area contributed by atoms with Crippen LogP contribution in [0.25, 0.3) is 10.8 Å². The first-order valence-electron chi connectivity index (χ1n) is 16.0. The molecule has 48 heavy (non-hydrogen) atoms. The van der Waals surface area contributed by atoms with Crippen LogP contribution in [0.2, 0.25) is 0 Å². The molecule has 0 aliphatic rings. The number of alkyl carbamates (subject to hydrolysis) is 1. The van der Waals surface area contributed by atoms with Gasteiger partial charge in [0, 0.05) is 6.42 Å². The number of nitrogens with two attached hydrogens (primary N) is 1. The summed E-state index contributed by atoms with van der Waals surface area (Å²) in [6.07, 6.45) is 0.0257. The van der Waals surface area contributed by atoms with E-state index >= 15 is 0 Å². The van der Waals surface area contributed by atoms with Gasteiger partial charge >= 0.3 is 6.09 Å². The molecule has 5 amide bonds. The van der Waals surface area contributed by atoms with E-state index in [2.05, 4.69) is 21.3 Å². The molecule has 1 unspecified atom stereocenters. The highest BCUT2D eigenvalue weighted by atomic mass is 16.5. The largest absolute Gasteiger partial charge is 0.445 e. The zero-order chi connectivity index (χ0) is 35.2. The summed E-state index contributed by atoms with van der Waals surface area (Å²) < 4.78 is 5.27. The highest BCUT2D eigenvalue weighted by Crippen LogP contribution is 2.17. The minimum absolute atomic E-state index is 0.000185. The van der Waals surface area contributed by atoms with E-state index < -0.39 is 66.1 Å². The predicted molar refractivity (Wildman–Crippen MR) is 181 cm³/mol. The van der Waals surface area contributed by atoms with Crippen molar-refractivity contribution in [2.75, 3.05) is 6.54 Å². The third-order valence-electron chi connectivity index (χ3n) is 7.89. The van der Waals surface area contributed by atoms with Crippen molar-refractivity contribution in [3.05, 3.63) is 83.9 Å². The Labute approximate surface area is 280 Å². The number of rotatable bonds is 17. The van der Waals surface area contributed by atoms with Gasteiger partial charge in [0.15, 0.2) is 0 Å². The maximum Gasteiger partial charge on any atom is 0.408 e. The Morgan fingerprint density at radius 3 is 2.08 bits per heavy atom. The second-order valence-electron chi connectivity index (χ2n) is 12.2. The fraction of sp³-hybridized carbons (Fsp3) is 0.389. The topological polar surface area (TPSA) is 186 Å². The lowest BCUT2D eigenvalue weighted by molar-refractivity contribution is -0.141. The quantitative estimate of drug-likeness (QED) is 0.138. The first kappa shape index (κ1) is 37.2. The van der Waals surface area contributed by atoms with Gasteiger partial charge in [-0.25, -0.2) is 4.79 Å². The van der Waals surface area contributed by atoms with Gasteiger partial charge in [0.05, 0.1) is 12.6 Å². The molecule has 12 heteroatoms. The number of hydrogen-bond acceptors (Lipinski definition) is 7. The van der Waals surface area contributed by atoms with Crippen LogP contribution in [0.5, 0.6) is 0 Å². The molecule has 0 aromatic heterocycles. The van der Waals surface area contributed by atoms with Crippen LogP contribution < -0.4 is 27.0 Å². The SMILES string of the molecule is CC[C@H](C)C(NC(=O)[C@@H](CC(C)C)NC(=O)OCc1ccccc1)C(=O)C(=O)NCC(=O)N[C@@H](Cc1ccc2ccccc2c1)C(N)=O. The monoisotopic (exact) mass is 659 g/mol. The zero-order valence-electron chi connectivity index (χ0n) is 27.8. The maximum atomic E-state index is 13.3. The number of primary amides is 1. The van der Waals surface area contributed by atoms with E-state index in [1.54, 1.807) is 26.0 Å². The van der Waals surface area contributed by atoms with Gasteiger partial charge in [0.25, 0.3) is 5.91 Å². The highest BCUT2D eigenvalue weighted by molar-refractivity contribution is 6.38. The molecule has 0 heterocycles. The number of carbonyl (C=O) groups is 6. The van der Waals surface area contributed by atoms with Gasteiger partial charge in [-0.1, -0.05) is 107 Å². The smallest absolute Gasteiger partial charge is 0.408 e. The van der Waals surface area contributed by atoms with E-state index in [4.69, 9.17) is 10.5 Å². The molecule has 4 atom stereocenters. The highest BCUT2D eigenvalue weighted by Gasteiger charge is 2.34. The lowest BCUT2D eigenvalue weighted by atomic mass is 9.94. The molecule has 0 bridgehead atoms. The Kier molecular flexibility index (Phi) is 14.1. The molecule has 0 aliphatic carbocycles. The molecular formula is C36H45N5O7. The van der Waals surface area contributed by atoms with Crippen molar-refractivity contribution in [3.8, 4) is 0 Å². The molecule has 3 aromatic rings. The van der Waals surface area contributed by atoms with Crippen molar-refractivity contribution in [2.45, 2.75) is 71.7 Å². The molecule has 12 nitrogen and oxygen atoms in total. The van der Waals surface area contributed by atoms with E-state index in [0.29, 0.717) is 6.42 Å². The van der Waals surface area contributed by atoms with Crippen molar-refractivity contribution in [3.63, 3.8) is 0 Å². The van der Waals surface area contributed by atoms with Crippen molar-refractivity contribution in [2.24, 2.45) is 17.6 Å². The number of benzene rings is 3. The first-order valence-corrected chi connectivity index (χ1v) is 16.0. The number of carbonyl (C=O) groups excluding carboxylic acids is 6. The Balaban J connectivity index is 1.59. The Bertz CT molecular complexity index is 1590. The number of fused-ring (bicyclic) bond motifs is 1. The second-order valence-corrected chi connectivity index (χ2v) is 12.2. The van der Waals surface area contributed by atoms with Crippen molar-refractivity contribution in [1.29, 1.82) is 0 Å². The molecule has 3 aromatic carbocycles. The van der Waals surface area contributed by atoms with Crippen molar-refractivity contribution in [1.82, 2.24) is 21.3 Å². The van der Waals surface area contributed by atoms with Crippen molar-refractivity contribution < 1.29 is 33.5 Å². The number of ether oxygens (including phenoxy) is 1. The van der Waals surface area contributed by atoms with E-state index in [1.807, 2.05) is 74.5 Å². The maximum absolute atomic E-state index is 13.3. The van der Waals surface area contributed by atoms with Crippen LogP contribution in [0, 0.1) is 11.8 Å². The van der Waals surface area contributed by atoms with Crippen LogP contribution in [-0.4, -0.2) is 60.2 Å². The van der Waals surface area contributed by atoms with E-state index in [1.165, 1.54) is 0 Å². The Morgan fingerprint density at radius 2 is 1.44 bits per heavy atom. The molecule has 0 spiro atoms. The molecule has 0 saturated heterocycles. The van der Waals surface area contributed by atoms with Gasteiger partial charge in [0.2, 0.25) is 23.5 Å². The van der Waals surface area contributed by atoms with Gasteiger partial charge in [-0.3, -0.25) is 24.0 Å². The number of ketones is 1. The minimum atomic E-state index is -1.23. The third-order valence-corrected chi connectivity index (χ3v) is 7.89. The lowest BCUT2D eigenvalue weighted by Gasteiger charge is -2.26. The second kappa shape index (κ2) is 18.2. The van der Waals surface area contributed by atoms with Gasteiger partial charge in [-0.15, -0.1) is 0 Å². The number of amides is 5. The summed E-state index contributed by atoms with van der Waals surface area (Å²) in [6.45, 7) is 6.65. The summed E-state index contributed by atoms with van der Waals surface area (Å²) in [5.41, 5.74) is 7.09. The van der Waals surface area contributed by atoms with E-state index in [0.717, 1.165) is 21.9 Å². The molecule has 0 fully saturated rings. The van der Waals surface area contributed by atoms with Gasteiger partial charge in [-0.05, 0) is 40.2 Å². The molecule has 256 valence electrons. The third kappa shape index (κ3) is 11.5. The van der Waals surface area contributed by atoms with Crippen LogP contribution in [-0.2, 0) is 41.7 Å². The summed E-state index contributed by atoms with van der Waals surface area (Å²) in [7, 11) is 0. The number of hydrogen-bond donors (Lipinski definition) is 5. The average Bonchev–Trinajstić information content (AvgIpc) is 3.07. The van der Waals surface area contributed by atoms with Crippen LogP contribution in [0.4, 0.5) is 4.79 Å². The predicted octanol–water partition coefficient (Wildman–Crippen LogP) is 2.91. The van der Waals surface area contributed by atoms with Gasteiger partial charge < -0.3 is 31.7 Å². The number of Topliss-reactive ketones (excluding diaryl/α,β-unsaturated/α-hetero) is 1. The summed E-state index contributed by atoms with van der Waals surface area (Å²) >= 11 is 0. The summed E-state index contributed by atoms with van der Waals surface area (Å²) in [6, 6.07) is 19.1. The summed E-state index contributed by atoms with van der Waals surface area (Å²) in [5.74, 6) is -4.62. The summed E-state index contributed by atoms with van der Waals surface area (Å²) in [4.78, 5) is 76.9. The van der Waals surface area contributed by atoms with Crippen molar-refractivity contribution >= 4 is 46.3 Å². The first-order chi connectivity index (χ1) is 22.9. The standard InChI is InChI=1S/C36H45N5O7/c1-5-23(4)31(41-34(45)29(17-22(2)3)40-36(47)48-21-24-11-7-6-8-12-24)32(43)35(46)38-20-30(42)39-28(33(37)44)19-25-15-16-26-13-9-10-14-27(26)18-25/h6-16,18,22-23,28-29,31H,5,17,19-21H2,1-4H3,(H2,37,44)(H,38,46)(H,39,42)(H,40,47)(H,41,45)/t23-,28-,29+,31?/m0/s1. The molecular weight excluding hydrogens is 614 g/mol. The molecule has 6 N–H and O–H groups in total. The average molecular weight is 660 g/mol. The molecule has 0 radical (unpaired) electrons. The normalized spacial score (nSPS) is 13.4. The fourth-order valence-corrected chi connectivity index (χ4v) is 5.02. The Morgan fingerprint density at radius 1 is 0.771 bits per heavy atom. The van der Waals surface area contributed by atoms with E-state index in [-0.39, 0.29) is 25.4 Å². The molecule has 0 aliphatic heterocycles. The van der Waals surface area contributed by atoms with Crippen LogP contribution >= 0.6 is 0 Å². The number of nitrogens with one attached hydrogen (secondary N) is 4. The molecule has 0 saturated carbocycles. The van der Waals surface area contributed by atoms with Gasteiger partial charge in [-0.2, -0.15) is 0 Å². The van der Waals surface area contributed by atoms with Gasteiger partial charge in [0.1, 0.15) is 18.7 Å². The minimum Gasteiger partial charge on any atom is -0.445 e. The van der Waals surface area contributed by atoms with Crippen LogP contribution in [0.1, 0.15) is 51.7 Å².